The number of benzene rings is 1. The van der Waals surface area contributed by atoms with Gasteiger partial charge in [-0.15, -0.1) is 0 Å². The summed E-state index contributed by atoms with van der Waals surface area (Å²) in [6, 6.07) is 11.0. The topological polar surface area (TPSA) is 59.7 Å². The summed E-state index contributed by atoms with van der Waals surface area (Å²) in [6.07, 6.45) is -0.310. The molecule has 0 spiro atoms. The number of hydrogen-bond acceptors (Lipinski definition) is 3. The Balaban J connectivity index is 1.41. The maximum absolute atomic E-state index is 12.7. The van der Waals surface area contributed by atoms with Gasteiger partial charge < -0.3 is 10.6 Å². The van der Waals surface area contributed by atoms with E-state index in [1.54, 1.807) is 17.8 Å². The second-order valence-corrected chi connectivity index (χ2v) is 6.95. The lowest BCUT2D eigenvalue weighted by molar-refractivity contribution is -0.141. The third-order valence-corrected chi connectivity index (χ3v) is 4.43. The molecule has 6 nitrogen and oxygen atoms in total. The van der Waals surface area contributed by atoms with Crippen molar-refractivity contribution in [3.63, 3.8) is 0 Å². The Morgan fingerprint density at radius 1 is 1.21 bits per heavy atom. The molecule has 0 saturated carbocycles. The summed E-state index contributed by atoms with van der Waals surface area (Å²) >= 11 is 5.25. The number of aryl methyl sites for hydroxylation is 2. The van der Waals surface area contributed by atoms with Gasteiger partial charge in [-0.2, -0.15) is 23.4 Å². The first-order valence-electron chi connectivity index (χ1n) is 9.04. The van der Waals surface area contributed by atoms with Gasteiger partial charge in [0.25, 0.3) is 0 Å². The molecule has 3 rings (SSSR count). The Morgan fingerprint density at radius 3 is 2.66 bits per heavy atom. The van der Waals surface area contributed by atoms with Gasteiger partial charge >= 0.3 is 6.18 Å². The van der Waals surface area contributed by atoms with E-state index in [1.165, 1.54) is 4.68 Å². The molecule has 0 bridgehead atoms. The first-order valence-corrected chi connectivity index (χ1v) is 9.45. The minimum atomic E-state index is -4.43. The number of aromatic nitrogens is 4. The fraction of sp³-hybridized carbons (Fsp3) is 0.316. The quantitative estimate of drug-likeness (QED) is 0.448. The molecule has 0 amide bonds. The van der Waals surface area contributed by atoms with Crippen LogP contribution in [0.3, 0.4) is 0 Å². The van der Waals surface area contributed by atoms with Gasteiger partial charge in [-0.05, 0) is 37.2 Å². The van der Waals surface area contributed by atoms with Gasteiger partial charge in [0.05, 0.1) is 18.4 Å². The zero-order chi connectivity index (χ0) is 20.9. The van der Waals surface area contributed by atoms with Crippen molar-refractivity contribution in [1.82, 2.24) is 24.9 Å². The summed E-state index contributed by atoms with van der Waals surface area (Å²) < 4.78 is 41.2. The molecule has 0 atom stereocenters. The second-order valence-electron chi connectivity index (χ2n) is 6.54. The third kappa shape index (κ3) is 6.05. The molecule has 154 valence electrons. The third-order valence-electron chi connectivity index (χ3n) is 4.18. The standard InChI is InChI=1S/C19H21F3N6S/c1-14-10-17(19(20,21)22)26-28(14)9-5-8-23-18(29)25-16-11-24-27(13-16)12-15-6-3-2-4-7-15/h2-4,6-7,10-11,13H,5,8-9,12H2,1H3,(H2,23,25,29). The lowest BCUT2D eigenvalue weighted by atomic mass is 10.2. The molecule has 0 radical (unpaired) electrons. The van der Waals surface area contributed by atoms with Gasteiger partial charge in [-0.25, -0.2) is 0 Å². The summed E-state index contributed by atoms with van der Waals surface area (Å²) in [7, 11) is 0. The zero-order valence-electron chi connectivity index (χ0n) is 15.8. The van der Waals surface area contributed by atoms with Crippen LogP contribution < -0.4 is 10.6 Å². The van der Waals surface area contributed by atoms with E-state index in [0.29, 0.717) is 36.9 Å². The molecular weight excluding hydrogens is 401 g/mol. The van der Waals surface area contributed by atoms with Crippen LogP contribution in [0.25, 0.3) is 0 Å². The molecule has 2 N–H and O–H groups in total. The Morgan fingerprint density at radius 2 is 1.97 bits per heavy atom. The van der Waals surface area contributed by atoms with Crippen molar-refractivity contribution in [3.8, 4) is 0 Å². The smallest absolute Gasteiger partial charge is 0.362 e. The molecule has 0 saturated heterocycles. The van der Waals surface area contributed by atoms with Crippen molar-refractivity contribution >= 4 is 23.0 Å². The van der Waals surface area contributed by atoms with E-state index in [2.05, 4.69) is 20.8 Å². The number of alkyl halides is 3. The van der Waals surface area contributed by atoms with Crippen LogP contribution in [0.5, 0.6) is 0 Å². The number of halogens is 3. The van der Waals surface area contributed by atoms with Gasteiger partial charge in [-0.1, -0.05) is 30.3 Å². The Bertz CT molecular complexity index is 949. The lowest BCUT2D eigenvalue weighted by Crippen LogP contribution is -2.29. The number of anilines is 1. The van der Waals surface area contributed by atoms with Crippen LogP contribution in [0, 0.1) is 6.92 Å². The highest BCUT2D eigenvalue weighted by Gasteiger charge is 2.34. The summed E-state index contributed by atoms with van der Waals surface area (Å²) in [5.74, 6) is 0. The molecule has 10 heteroatoms. The molecule has 0 aliphatic carbocycles. The molecule has 2 heterocycles. The minimum Gasteiger partial charge on any atom is -0.362 e. The predicted molar refractivity (Wildman–Crippen MR) is 109 cm³/mol. The molecule has 0 aliphatic rings. The number of nitrogens with one attached hydrogen (secondary N) is 2. The highest BCUT2D eigenvalue weighted by atomic mass is 32.1. The van der Waals surface area contributed by atoms with E-state index in [-0.39, 0.29) is 0 Å². The number of nitrogens with zero attached hydrogens (tertiary/aromatic N) is 4. The minimum absolute atomic E-state index is 0.368. The summed E-state index contributed by atoms with van der Waals surface area (Å²) in [5.41, 5.74) is 1.51. The van der Waals surface area contributed by atoms with Crippen LogP contribution in [0.1, 0.15) is 23.4 Å². The molecule has 0 aliphatic heterocycles. The normalized spacial score (nSPS) is 11.4. The van der Waals surface area contributed by atoms with Crippen LogP contribution >= 0.6 is 12.2 Å². The SMILES string of the molecule is Cc1cc(C(F)(F)F)nn1CCCNC(=S)Nc1cnn(Cc2ccccc2)c1. The average Bonchev–Trinajstić information content (AvgIpc) is 3.26. The van der Waals surface area contributed by atoms with Crippen molar-refractivity contribution in [2.75, 3.05) is 11.9 Å². The molecular formula is C19H21F3N6S. The summed E-state index contributed by atoms with van der Waals surface area (Å²) in [6.45, 7) is 3.14. The Labute approximate surface area is 171 Å². The molecule has 0 unspecified atom stereocenters. The highest BCUT2D eigenvalue weighted by Crippen LogP contribution is 2.28. The molecule has 3 aromatic rings. The van der Waals surface area contributed by atoms with E-state index in [9.17, 15) is 13.2 Å². The fourth-order valence-corrected chi connectivity index (χ4v) is 2.99. The predicted octanol–water partition coefficient (Wildman–Crippen LogP) is 3.83. The zero-order valence-corrected chi connectivity index (χ0v) is 16.6. The number of thiocarbonyl (C=S) groups is 1. The van der Waals surface area contributed by atoms with Crippen LogP contribution in [-0.4, -0.2) is 31.2 Å². The van der Waals surface area contributed by atoms with Gasteiger partial charge in [0.1, 0.15) is 0 Å². The van der Waals surface area contributed by atoms with E-state index in [1.807, 2.05) is 36.5 Å². The first kappa shape index (κ1) is 20.8. The maximum Gasteiger partial charge on any atom is 0.435 e. The Kier molecular flexibility index (Phi) is 6.53. The summed E-state index contributed by atoms with van der Waals surface area (Å²) in [5, 5.41) is 14.4. The van der Waals surface area contributed by atoms with Crippen molar-refractivity contribution in [1.29, 1.82) is 0 Å². The van der Waals surface area contributed by atoms with Gasteiger partial charge in [0.15, 0.2) is 10.8 Å². The molecule has 2 aromatic heterocycles. The molecule has 29 heavy (non-hydrogen) atoms. The number of rotatable bonds is 7. The van der Waals surface area contributed by atoms with E-state index >= 15 is 0 Å². The van der Waals surface area contributed by atoms with Crippen LogP contribution in [-0.2, 0) is 19.3 Å². The van der Waals surface area contributed by atoms with E-state index in [0.717, 1.165) is 17.3 Å². The van der Waals surface area contributed by atoms with Crippen LogP contribution in [0.4, 0.5) is 18.9 Å². The largest absolute Gasteiger partial charge is 0.435 e. The van der Waals surface area contributed by atoms with Crippen molar-refractivity contribution in [2.45, 2.75) is 32.6 Å². The van der Waals surface area contributed by atoms with E-state index < -0.39 is 11.9 Å². The number of hydrogen-bond donors (Lipinski definition) is 2. The second kappa shape index (κ2) is 9.08. The Hall–Kier alpha value is -2.88. The highest BCUT2D eigenvalue weighted by molar-refractivity contribution is 7.80. The maximum atomic E-state index is 12.7. The lowest BCUT2D eigenvalue weighted by Gasteiger charge is -2.09. The van der Waals surface area contributed by atoms with Crippen molar-refractivity contribution < 1.29 is 13.2 Å². The van der Waals surface area contributed by atoms with Gasteiger partial charge in [0.2, 0.25) is 0 Å². The average molecular weight is 422 g/mol. The van der Waals surface area contributed by atoms with Gasteiger partial charge in [0, 0.05) is 25.0 Å². The van der Waals surface area contributed by atoms with Crippen molar-refractivity contribution in [2.24, 2.45) is 0 Å². The monoisotopic (exact) mass is 422 g/mol. The van der Waals surface area contributed by atoms with E-state index in [4.69, 9.17) is 12.2 Å². The molecule has 1 aromatic carbocycles. The van der Waals surface area contributed by atoms with Crippen LogP contribution in [0.2, 0.25) is 0 Å². The van der Waals surface area contributed by atoms with Crippen LogP contribution in [0.15, 0.2) is 48.8 Å². The fourth-order valence-electron chi connectivity index (χ4n) is 2.77. The summed E-state index contributed by atoms with van der Waals surface area (Å²) in [4.78, 5) is 0. The van der Waals surface area contributed by atoms with Gasteiger partial charge in [-0.3, -0.25) is 9.36 Å². The molecule has 0 fully saturated rings. The first-order chi connectivity index (χ1) is 13.8. The van der Waals surface area contributed by atoms with Crippen molar-refractivity contribution in [3.05, 3.63) is 65.7 Å².